The van der Waals surface area contributed by atoms with Gasteiger partial charge in [0.05, 0.1) is 25.2 Å². The third kappa shape index (κ3) is 7.43. The average Bonchev–Trinajstić information content (AvgIpc) is 3.37. The minimum absolute atomic E-state index is 0.0637. The molecule has 2 aromatic carbocycles. The van der Waals surface area contributed by atoms with Crippen molar-refractivity contribution in [2.45, 2.75) is 19.9 Å². The second-order valence-corrected chi connectivity index (χ2v) is 8.49. The lowest BCUT2D eigenvalue weighted by molar-refractivity contribution is -0.139. The van der Waals surface area contributed by atoms with E-state index in [-0.39, 0.29) is 11.9 Å². The van der Waals surface area contributed by atoms with E-state index in [0.717, 1.165) is 34.8 Å². The van der Waals surface area contributed by atoms with Crippen LogP contribution >= 0.6 is 11.8 Å². The Hall–Kier alpha value is -3.19. The van der Waals surface area contributed by atoms with Gasteiger partial charge in [0.15, 0.2) is 0 Å². The summed E-state index contributed by atoms with van der Waals surface area (Å²) in [5.41, 5.74) is 2.49. The van der Waals surface area contributed by atoms with Crippen LogP contribution < -0.4 is 4.74 Å². The molecule has 0 N–H and O–H groups in total. The number of hydrogen-bond acceptors (Lipinski definition) is 6. The Labute approximate surface area is 198 Å². The van der Waals surface area contributed by atoms with Crippen LogP contribution in [0.25, 0.3) is 11.3 Å². The molecule has 0 unspecified atom stereocenters. The zero-order valence-corrected chi connectivity index (χ0v) is 19.8. The van der Waals surface area contributed by atoms with Crippen molar-refractivity contribution in [3.05, 3.63) is 78.1 Å². The van der Waals surface area contributed by atoms with Crippen molar-refractivity contribution in [3.63, 3.8) is 0 Å². The summed E-state index contributed by atoms with van der Waals surface area (Å²) in [6, 6.07) is 18.9. The molecule has 3 rings (SSSR count). The van der Waals surface area contributed by atoms with Gasteiger partial charge in [0.1, 0.15) is 11.5 Å². The molecule has 1 amide bonds. The maximum absolute atomic E-state index is 12.9. The number of nitrogens with zero attached hydrogens (tertiary/aromatic N) is 1. The van der Waals surface area contributed by atoms with E-state index in [2.05, 4.69) is 0 Å². The number of amides is 1. The zero-order valence-electron chi connectivity index (χ0n) is 19.0. The van der Waals surface area contributed by atoms with Crippen molar-refractivity contribution < 1.29 is 23.5 Å². The lowest BCUT2D eigenvalue weighted by Gasteiger charge is -2.19. The molecule has 174 valence electrons. The van der Waals surface area contributed by atoms with Gasteiger partial charge in [-0.05, 0) is 49.4 Å². The number of carbonyl (C=O) groups excluding carboxylic acids is 2. The molecule has 0 saturated carbocycles. The molecule has 6 nitrogen and oxygen atoms in total. The number of rotatable bonds is 12. The number of esters is 1. The average molecular weight is 468 g/mol. The van der Waals surface area contributed by atoms with Gasteiger partial charge in [0.25, 0.3) is 5.91 Å². The molecular formula is C26H29NO5S. The van der Waals surface area contributed by atoms with E-state index in [1.54, 1.807) is 25.1 Å². The van der Waals surface area contributed by atoms with Gasteiger partial charge in [-0.15, -0.1) is 0 Å². The number of carbonyl (C=O) groups is 2. The number of ether oxygens (including phenoxy) is 2. The highest BCUT2D eigenvalue weighted by Gasteiger charge is 2.15. The first-order chi connectivity index (χ1) is 16.1. The quantitative estimate of drug-likeness (QED) is 0.267. The molecule has 1 heterocycles. The third-order valence-corrected chi connectivity index (χ3v) is 5.90. The van der Waals surface area contributed by atoms with E-state index in [1.165, 1.54) is 11.8 Å². The lowest BCUT2D eigenvalue weighted by Crippen LogP contribution is -2.26. The summed E-state index contributed by atoms with van der Waals surface area (Å²) in [6.45, 7) is 3.19. The van der Waals surface area contributed by atoms with Gasteiger partial charge >= 0.3 is 5.97 Å². The van der Waals surface area contributed by atoms with Gasteiger partial charge < -0.3 is 18.8 Å². The van der Waals surface area contributed by atoms with Crippen molar-refractivity contribution >= 4 is 23.6 Å². The zero-order chi connectivity index (χ0) is 23.5. The normalized spacial score (nSPS) is 10.6. The van der Waals surface area contributed by atoms with E-state index >= 15 is 0 Å². The van der Waals surface area contributed by atoms with Gasteiger partial charge in [-0.3, -0.25) is 9.59 Å². The predicted molar refractivity (Wildman–Crippen MR) is 130 cm³/mol. The molecule has 0 radical (unpaired) electrons. The molecule has 33 heavy (non-hydrogen) atoms. The molecule has 0 saturated heterocycles. The maximum atomic E-state index is 12.9. The van der Waals surface area contributed by atoms with E-state index in [0.29, 0.717) is 31.1 Å². The van der Waals surface area contributed by atoms with E-state index < -0.39 is 0 Å². The number of benzene rings is 2. The molecule has 0 aliphatic rings. The van der Waals surface area contributed by atoms with Gasteiger partial charge in [-0.1, -0.05) is 30.3 Å². The Balaban J connectivity index is 1.50. The molecule has 0 bridgehead atoms. The first kappa shape index (κ1) is 24.5. The van der Waals surface area contributed by atoms with Crippen LogP contribution in [0.1, 0.15) is 29.3 Å². The summed E-state index contributed by atoms with van der Waals surface area (Å²) in [5, 5.41) is 0. The summed E-state index contributed by atoms with van der Waals surface area (Å²) >= 11 is 1.54. The van der Waals surface area contributed by atoms with Crippen LogP contribution in [0.4, 0.5) is 0 Å². The fourth-order valence-electron chi connectivity index (χ4n) is 3.24. The predicted octanol–water partition coefficient (Wildman–Crippen LogP) is 5.28. The first-order valence-electron chi connectivity index (χ1n) is 10.9. The van der Waals surface area contributed by atoms with Crippen molar-refractivity contribution in [1.29, 1.82) is 0 Å². The Kier molecular flexibility index (Phi) is 9.44. The van der Waals surface area contributed by atoms with E-state index in [9.17, 15) is 9.59 Å². The van der Waals surface area contributed by atoms with Gasteiger partial charge in [0.2, 0.25) is 0 Å². The van der Waals surface area contributed by atoms with Crippen LogP contribution in [-0.2, 0) is 16.1 Å². The summed E-state index contributed by atoms with van der Waals surface area (Å²) in [6.07, 6.45) is 2.44. The third-order valence-electron chi connectivity index (χ3n) is 4.88. The largest absolute Gasteiger partial charge is 0.493 e. The number of para-hydroxylation sites is 1. The second-order valence-electron chi connectivity index (χ2n) is 7.38. The molecule has 1 aromatic heterocycles. The molecule has 0 fully saturated rings. The SMILES string of the molecule is CCOC(=O)CSCCCOc1ccccc1CN(C)C(=O)c1ccc(-c2ccco2)cc1. The minimum Gasteiger partial charge on any atom is -0.493 e. The van der Waals surface area contributed by atoms with Crippen LogP contribution in [0.15, 0.2) is 71.3 Å². The summed E-state index contributed by atoms with van der Waals surface area (Å²) in [5.74, 6) is 2.46. The highest BCUT2D eigenvalue weighted by atomic mass is 32.2. The fraction of sp³-hybridized carbons (Fsp3) is 0.308. The maximum Gasteiger partial charge on any atom is 0.315 e. The van der Waals surface area contributed by atoms with Crippen molar-refractivity contribution in [2.75, 3.05) is 31.8 Å². The number of furan rings is 1. The minimum atomic E-state index is -0.183. The number of thioether (sulfide) groups is 1. The molecule has 0 atom stereocenters. The topological polar surface area (TPSA) is 69.0 Å². The van der Waals surface area contributed by atoms with Crippen LogP contribution in [0.2, 0.25) is 0 Å². The summed E-state index contributed by atoms with van der Waals surface area (Å²) in [7, 11) is 1.78. The smallest absolute Gasteiger partial charge is 0.315 e. The van der Waals surface area contributed by atoms with Crippen LogP contribution in [0, 0.1) is 0 Å². The van der Waals surface area contributed by atoms with Gasteiger partial charge in [0, 0.05) is 30.3 Å². The Bertz CT molecular complexity index is 1020. The van der Waals surface area contributed by atoms with Crippen LogP contribution in [0.5, 0.6) is 5.75 Å². The highest BCUT2D eigenvalue weighted by molar-refractivity contribution is 7.99. The van der Waals surface area contributed by atoms with E-state index in [1.807, 2.05) is 60.7 Å². The Morgan fingerprint density at radius 3 is 2.55 bits per heavy atom. The molecule has 3 aromatic rings. The van der Waals surface area contributed by atoms with Gasteiger partial charge in [-0.25, -0.2) is 0 Å². The van der Waals surface area contributed by atoms with Crippen molar-refractivity contribution in [3.8, 4) is 17.1 Å². The Morgan fingerprint density at radius 1 is 1.03 bits per heavy atom. The number of hydrogen-bond donors (Lipinski definition) is 0. The molecule has 0 aliphatic carbocycles. The first-order valence-corrected chi connectivity index (χ1v) is 12.1. The molecule has 0 spiro atoms. The summed E-state index contributed by atoms with van der Waals surface area (Å²) < 4.78 is 16.3. The second kappa shape index (κ2) is 12.7. The molecule has 0 aliphatic heterocycles. The van der Waals surface area contributed by atoms with Crippen molar-refractivity contribution in [2.24, 2.45) is 0 Å². The fourth-order valence-corrected chi connectivity index (χ4v) is 3.96. The van der Waals surface area contributed by atoms with Crippen LogP contribution in [0.3, 0.4) is 0 Å². The Morgan fingerprint density at radius 2 is 1.82 bits per heavy atom. The lowest BCUT2D eigenvalue weighted by atomic mass is 10.1. The van der Waals surface area contributed by atoms with Crippen LogP contribution in [-0.4, -0.2) is 48.5 Å². The van der Waals surface area contributed by atoms with Crippen molar-refractivity contribution in [1.82, 2.24) is 4.90 Å². The highest BCUT2D eigenvalue weighted by Crippen LogP contribution is 2.23. The molecular weight excluding hydrogens is 438 g/mol. The standard InChI is InChI=1S/C26H29NO5S/c1-3-30-25(28)19-33-17-7-16-32-24-9-5-4-8-22(24)18-27(2)26(29)21-13-11-20(12-14-21)23-10-6-15-31-23/h4-6,8-15H,3,7,16-19H2,1-2H3. The summed E-state index contributed by atoms with van der Waals surface area (Å²) in [4.78, 5) is 26.0. The molecule has 7 heteroatoms. The van der Waals surface area contributed by atoms with E-state index in [4.69, 9.17) is 13.9 Å². The monoisotopic (exact) mass is 467 g/mol. The van der Waals surface area contributed by atoms with Gasteiger partial charge in [-0.2, -0.15) is 11.8 Å².